The summed E-state index contributed by atoms with van der Waals surface area (Å²) in [6, 6.07) is 3.44. The van der Waals surface area contributed by atoms with E-state index in [1.54, 1.807) is 5.38 Å². The Morgan fingerprint density at radius 2 is 2.04 bits per heavy atom. The second kappa shape index (κ2) is 8.63. The number of benzene rings is 1. The standard InChI is InChI=1S/C16H17F2N3O3S/c1-2-5-21(8-15(23)24)7-14(22)20-16-19-13(9-25-16)10-3-4-11(17)12(18)6-10/h3-4,6,9H,2,5,7-8H2,1H3,(H,23,24)(H,19,20,22). The largest absolute Gasteiger partial charge is 0.480 e. The number of carboxylic acids is 1. The Balaban J connectivity index is 2.01. The maximum Gasteiger partial charge on any atom is 0.317 e. The van der Waals surface area contributed by atoms with E-state index in [1.807, 2.05) is 6.92 Å². The predicted octanol–water partition coefficient (Wildman–Crippen LogP) is 2.82. The maximum atomic E-state index is 13.3. The minimum Gasteiger partial charge on any atom is -0.480 e. The first-order chi connectivity index (χ1) is 11.9. The van der Waals surface area contributed by atoms with Crippen LogP contribution in [0.15, 0.2) is 23.6 Å². The Kier molecular flexibility index (Phi) is 6.54. The lowest BCUT2D eigenvalue weighted by molar-refractivity contribution is -0.138. The first-order valence-corrected chi connectivity index (χ1v) is 8.42. The molecule has 6 nitrogen and oxygen atoms in total. The molecule has 2 rings (SSSR count). The lowest BCUT2D eigenvalue weighted by atomic mass is 10.2. The number of amides is 1. The molecule has 0 fully saturated rings. The molecule has 1 amide bonds. The number of rotatable bonds is 8. The number of aliphatic carboxylic acids is 1. The third-order valence-electron chi connectivity index (χ3n) is 3.23. The van der Waals surface area contributed by atoms with Crippen LogP contribution in [0.5, 0.6) is 0 Å². The first-order valence-electron chi connectivity index (χ1n) is 7.54. The van der Waals surface area contributed by atoms with E-state index < -0.39 is 17.6 Å². The lowest BCUT2D eigenvalue weighted by Crippen LogP contribution is -2.37. The van der Waals surface area contributed by atoms with E-state index in [1.165, 1.54) is 11.0 Å². The first kappa shape index (κ1) is 18.9. The van der Waals surface area contributed by atoms with E-state index in [4.69, 9.17) is 5.11 Å². The van der Waals surface area contributed by atoms with Gasteiger partial charge in [-0.3, -0.25) is 14.5 Å². The SMILES string of the molecule is CCCN(CC(=O)O)CC(=O)Nc1nc(-c2ccc(F)c(F)c2)cs1. The van der Waals surface area contributed by atoms with Gasteiger partial charge in [0.2, 0.25) is 5.91 Å². The van der Waals surface area contributed by atoms with Gasteiger partial charge in [-0.05, 0) is 31.2 Å². The minimum atomic E-state index is -1.00. The molecule has 1 aromatic heterocycles. The van der Waals surface area contributed by atoms with Gasteiger partial charge in [-0.25, -0.2) is 13.8 Å². The van der Waals surface area contributed by atoms with Gasteiger partial charge in [-0.1, -0.05) is 6.92 Å². The molecule has 0 aliphatic carbocycles. The second-order valence-electron chi connectivity index (χ2n) is 5.32. The fourth-order valence-electron chi connectivity index (χ4n) is 2.20. The van der Waals surface area contributed by atoms with Gasteiger partial charge in [0.15, 0.2) is 16.8 Å². The molecule has 0 radical (unpaired) electrons. The molecule has 0 spiro atoms. The van der Waals surface area contributed by atoms with Crippen LogP contribution in [-0.2, 0) is 9.59 Å². The summed E-state index contributed by atoms with van der Waals surface area (Å²) >= 11 is 1.14. The van der Waals surface area contributed by atoms with Gasteiger partial charge in [-0.15, -0.1) is 11.3 Å². The highest BCUT2D eigenvalue weighted by atomic mass is 32.1. The summed E-state index contributed by atoms with van der Waals surface area (Å²) in [6.45, 7) is 2.08. The zero-order valence-corrected chi connectivity index (χ0v) is 14.3. The molecule has 134 valence electrons. The van der Waals surface area contributed by atoms with Gasteiger partial charge in [0.1, 0.15) is 0 Å². The zero-order chi connectivity index (χ0) is 18.4. The third kappa shape index (κ3) is 5.57. The molecule has 25 heavy (non-hydrogen) atoms. The molecule has 0 aliphatic rings. The molecule has 0 saturated heterocycles. The van der Waals surface area contributed by atoms with Crippen LogP contribution in [0.25, 0.3) is 11.3 Å². The Bertz CT molecular complexity index is 767. The normalized spacial score (nSPS) is 10.9. The average molecular weight is 369 g/mol. The van der Waals surface area contributed by atoms with E-state index in [-0.39, 0.29) is 19.0 Å². The van der Waals surface area contributed by atoms with Crippen LogP contribution >= 0.6 is 11.3 Å². The fraction of sp³-hybridized carbons (Fsp3) is 0.312. The van der Waals surface area contributed by atoms with E-state index in [2.05, 4.69) is 10.3 Å². The number of nitrogens with one attached hydrogen (secondary N) is 1. The molecule has 2 aromatic rings. The summed E-state index contributed by atoms with van der Waals surface area (Å²) in [6.07, 6.45) is 0.720. The van der Waals surface area contributed by atoms with Crippen LogP contribution < -0.4 is 5.32 Å². The molecule has 9 heteroatoms. The Labute approximate surface area is 147 Å². The van der Waals surface area contributed by atoms with Crippen molar-refractivity contribution in [1.82, 2.24) is 9.88 Å². The van der Waals surface area contributed by atoms with E-state index in [0.717, 1.165) is 29.9 Å². The smallest absolute Gasteiger partial charge is 0.317 e. The van der Waals surface area contributed by atoms with Crippen LogP contribution in [0, 0.1) is 11.6 Å². The van der Waals surface area contributed by atoms with Gasteiger partial charge >= 0.3 is 5.97 Å². The quantitative estimate of drug-likeness (QED) is 0.748. The number of hydrogen-bond donors (Lipinski definition) is 2. The Morgan fingerprint density at radius 3 is 2.68 bits per heavy atom. The molecule has 0 unspecified atom stereocenters. The summed E-state index contributed by atoms with van der Waals surface area (Å²) in [5.74, 6) is -3.31. The molecule has 1 aromatic carbocycles. The van der Waals surface area contributed by atoms with Crippen molar-refractivity contribution < 1.29 is 23.5 Å². The van der Waals surface area contributed by atoms with Crippen molar-refractivity contribution in [2.24, 2.45) is 0 Å². The Hall–Kier alpha value is -2.39. The van der Waals surface area contributed by atoms with Crippen molar-refractivity contribution in [3.8, 4) is 11.3 Å². The molecule has 0 bridgehead atoms. The number of carboxylic acid groups (broad SMARTS) is 1. The topological polar surface area (TPSA) is 82.5 Å². The molecule has 1 heterocycles. The minimum absolute atomic E-state index is 0.0692. The number of nitrogens with zero attached hydrogens (tertiary/aromatic N) is 2. The molecule has 0 aliphatic heterocycles. The van der Waals surface area contributed by atoms with Crippen LogP contribution in [0.3, 0.4) is 0 Å². The van der Waals surface area contributed by atoms with Crippen molar-refractivity contribution >= 4 is 28.3 Å². The van der Waals surface area contributed by atoms with Crippen LogP contribution in [0.4, 0.5) is 13.9 Å². The van der Waals surface area contributed by atoms with Crippen molar-refractivity contribution in [3.63, 3.8) is 0 Å². The molecular formula is C16H17F2N3O3S. The Morgan fingerprint density at radius 1 is 1.28 bits per heavy atom. The van der Waals surface area contributed by atoms with Crippen molar-refractivity contribution in [1.29, 1.82) is 0 Å². The predicted molar refractivity (Wildman–Crippen MR) is 90.5 cm³/mol. The van der Waals surface area contributed by atoms with Crippen molar-refractivity contribution in [2.45, 2.75) is 13.3 Å². The molecule has 2 N–H and O–H groups in total. The van der Waals surface area contributed by atoms with Gasteiger partial charge in [0.25, 0.3) is 0 Å². The third-order valence-corrected chi connectivity index (χ3v) is 3.99. The maximum absolute atomic E-state index is 13.3. The highest BCUT2D eigenvalue weighted by Crippen LogP contribution is 2.26. The van der Waals surface area contributed by atoms with Gasteiger partial charge in [0.05, 0.1) is 18.8 Å². The average Bonchev–Trinajstić information content (AvgIpc) is 2.98. The summed E-state index contributed by atoms with van der Waals surface area (Å²) in [7, 11) is 0. The number of aromatic nitrogens is 1. The van der Waals surface area contributed by atoms with Crippen molar-refractivity contribution in [2.75, 3.05) is 25.0 Å². The number of halogens is 2. The molecule has 0 saturated carbocycles. The van der Waals surface area contributed by atoms with E-state index in [9.17, 15) is 18.4 Å². The van der Waals surface area contributed by atoms with Gasteiger partial charge in [0, 0.05) is 10.9 Å². The monoisotopic (exact) mass is 369 g/mol. The number of carbonyl (C=O) groups is 2. The number of hydrogen-bond acceptors (Lipinski definition) is 5. The lowest BCUT2D eigenvalue weighted by Gasteiger charge is -2.18. The second-order valence-corrected chi connectivity index (χ2v) is 6.18. The van der Waals surface area contributed by atoms with Gasteiger partial charge in [-0.2, -0.15) is 0 Å². The summed E-state index contributed by atoms with van der Waals surface area (Å²) in [4.78, 5) is 28.5. The van der Waals surface area contributed by atoms with Crippen molar-refractivity contribution in [3.05, 3.63) is 35.2 Å². The summed E-state index contributed by atoms with van der Waals surface area (Å²) < 4.78 is 26.2. The van der Waals surface area contributed by atoms with Crippen LogP contribution in [-0.4, -0.2) is 46.5 Å². The van der Waals surface area contributed by atoms with Crippen LogP contribution in [0.2, 0.25) is 0 Å². The highest BCUT2D eigenvalue weighted by molar-refractivity contribution is 7.14. The highest BCUT2D eigenvalue weighted by Gasteiger charge is 2.15. The van der Waals surface area contributed by atoms with E-state index >= 15 is 0 Å². The van der Waals surface area contributed by atoms with E-state index in [0.29, 0.717) is 22.9 Å². The zero-order valence-electron chi connectivity index (χ0n) is 13.5. The molecule has 0 atom stereocenters. The fourth-order valence-corrected chi connectivity index (χ4v) is 2.94. The number of carbonyl (C=O) groups excluding carboxylic acids is 1. The summed E-state index contributed by atoms with van der Waals surface area (Å²) in [5.41, 5.74) is 0.810. The number of anilines is 1. The van der Waals surface area contributed by atoms with Crippen LogP contribution in [0.1, 0.15) is 13.3 Å². The molecular weight excluding hydrogens is 352 g/mol. The number of thiazole rings is 1. The summed E-state index contributed by atoms with van der Waals surface area (Å²) in [5, 5.41) is 13.3. The van der Waals surface area contributed by atoms with Gasteiger partial charge < -0.3 is 10.4 Å².